The van der Waals surface area contributed by atoms with Gasteiger partial charge in [-0.15, -0.1) is 23.1 Å². The van der Waals surface area contributed by atoms with Crippen molar-refractivity contribution in [1.29, 1.82) is 0 Å². The Hall–Kier alpha value is -2.47. The average Bonchev–Trinajstić information content (AvgIpc) is 3.64. The zero-order valence-corrected chi connectivity index (χ0v) is 24.5. The number of nitrogens with zero attached hydrogens (tertiary/aromatic N) is 3. The van der Waals surface area contributed by atoms with Gasteiger partial charge in [-0.25, -0.2) is 9.97 Å². The van der Waals surface area contributed by atoms with Crippen molar-refractivity contribution in [1.82, 2.24) is 20.3 Å². The van der Waals surface area contributed by atoms with Crippen molar-refractivity contribution >= 4 is 46.8 Å². The normalized spacial score (nSPS) is 28.4. The maximum atomic E-state index is 11.7. The van der Waals surface area contributed by atoms with Gasteiger partial charge in [0.05, 0.1) is 21.8 Å². The van der Waals surface area contributed by atoms with Crippen molar-refractivity contribution in [2.45, 2.75) is 82.7 Å². The van der Waals surface area contributed by atoms with Crippen LogP contribution in [0.25, 0.3) is 16.6 Å². The Bertz CT molecular complexity index is 1320. The number of carbonyl (C=O) groups is 1. The molecule has 4 aliphatic rings. The van der Waals surface area contributed by atoms with Crippen LogP contribution < -0.4 is 16.0 Å². The zero-order chi connectivity index (χ0) is 27.2. The molecule has 1 saturated heterocycles. The molecule has 2 aliphatic carbocycles. The zero-order valence-electron chi connectivity index (χ0n) is 22.9. The van der Waals surface area contributed by atoms with Crippen LogP contribution in [0.15, 0.2) is 17.6 Å². The van der Waals surface area contributed by atoms with Gasteiger partial charge < -0.3 is 25.4 Å². The minimum atomic E-state index is -0.776. The minimum Gasteiger partial charge on any atom is -0.356 e. The Balaban J connectivity index is 1.36. The minimum absolute atomic E-state index is 0.0412. The molecule has 4 atom stereocenters. The van der Waals surface area contributed by atoms with Crippen molar-refractivity contribution in [3.05, 3.63) is 33.8 Å². The fraction of sp³-hybridized carbons (Fsp3) is 0.571. The van der Waals surface area contributed by atoms with Crippen molar-refractivity contribution in [3.63, 3.8) is 0 Å². The van der Waals surface area contributed by atoms with Crippen molar-refractivity contribution in [2.75, 3.05) is 23.7 Å². The first-order chi connectivity index (χ1) is 18.7. The topological polar surface area (TPSA) is 110 Å². The number of ether oxygens (including phenoxy) is 2. The molecule has 0 radical (unpaired) electrons. The van der Waals surface area contributed by atoms with Crippen LogP contribution >= 0.6 is 23.1 Å². The molecule has 0 bridgehead atoms. The standard InChI is InChI=1S/C28H36N6O3S2/c1-16-22(25-32-20-9-5-6-10-21(20)39-25)24(33-26(31-16)30-15-19-8-7-13-38-19)34-28-12-11-18(14-29-17(2)35)23(28)36-27(3,4)37-28/h6-7,10,13,18-19,23H,5,8-9,11-12,14-15H2,1-4H3,(H,29,35)(H2,30,31,33,34). The second-order valence-electron chi connectivity index (χ2n) is 11.2. The summed E-state index contributed by atoms with van der Waals surface area (Å²) in [7, 11) is 0. The van der Waals surface area contributed by atoms with E-state index in [9.17, 15) is 4.79 Å². The van der Waals surface area contributed by atoms with Crippen LogP contribution in [0.3, 0.4) is 0 Å². The molecule has 2 aromatic rings. The first kappa shape index (κ1) is 26.7. The molecule has 2 fully saturated rings. The number of nitrogens with one attached hydrogen (secondary N) is 3. The van der Waals surface area contributed by atoms with E-state index in [-0.39, 0.29) is 17.9 Å². The van der Waals surface area contributed by atoms with Crippen molar-refractivity contribution in [2.24, 2.45) is 5.92 Å². The molecule has 2 aromatic heterocycles. The summed E-state index contributed by atoms with van der Waals surface area (Å²) in [6, 6.07) is 0. The van der Waals surface area contributed by atoms with Crippen LogP contribution in [0.5, 0.6) is 0 Å². The number of rotatable bonds is 8. The first-order valence-electron chi connectivity index (χ1n) is 13.7. The van der Waals surface area contributed by atoms with Gasteiger partial charge in [0.2, 0.25) is 11.9 Å². The Labute approximate surface area is 237 Å². The fourth-order valence-electron chi connectivity index (χ4n) is 5.94. The molecule has 39 heavy (non-hydrogen) atoms. The second-order valence-corrected chi connectivity index (χ2v) is 13.4. The highest BCUT2D eigenvalue weighted by atomic mass is 32.2. The maximum absolute atomic E-state index is 11.7. The van der Waals surface area contributed by atoms with E-state index in [1.807, 2.05) is 32.5 Å². The highest BCUT2D eigenvalue weighted by molar-refractivity contribution is 8.03. The van der Waals surface area contributed by atoms with Gasteiger partial charge >= 0.3 is 0 Å². The lowest BCUT2D eigenvalue weighted by atomic mass is 10.0. The number of aromatic nitrogens is 3. The summed E-state index contributed by atoms with van der Waals surface area (Å²) in [5, 5.41) is 13.7. The monoisotopic (exact) mass is 568 g/mol. The predicted molar refractivity (Wildman–Crippen MR) is 157 cm³/mol. The molecule has 0 aromatic carbocycles. The predicted octanol–water partition coefficient (Wildman–Crippen LogP) is 5.10. The smallest absolute Gasteiger partial charge is 0.224 e. The molecule has 4 unspecified atom stereocenters. The number of carbonyl (C=O) groups excluding carboxylic acids is 1. The highest BCUT2D eigenvalue weighted by Crippen LogP contribution is 2.50. The Kier molecular flexibility index (Phi) is 7.20. The van der Waals surface area contributed by atoms with Gasteiger partial charge in [-0.2, -0.15) is 4.98 Å². The van der Waals surface area contributed by atoms with E-state index in [1.54, 1.807) is 18.3 Å². The Morgan fingerprint density at radius 2 is 2.08 bits per heavy atom. The molecule has 1 saturated carbocycles. The van der Waals surface area contributed by atoms with Gasteiger partial charge in [0.1, 0.15) is 16.9 Å². The first-order valence-corrected chi connectivity index (χ1v) is 15.5. The number of amides is 1. The molecule has 0 spiro atoms. The number of hydrogen-bond donors (Lipinski definition) is 3. The molecule has 11 heteroatoms. The third-order valence-electron chi connectivity index (χ3n) is 7.66. The quantitative estimate of drug-likeness (QED) is 0.400. The van der Waals surface area contributed by atoms with Crippen LogP contribution in [-0.4, -0.2) is 56.8 Å². The van der Waals surface area contributed by atoms with Crippen LogP contribution in [-0.2, 0) is 20.7 Å². The lowest BCUT2D eigenvalue weighted by molar-refractivity contribution is -0.166. The van der Waals surface area contributed by atoms with Gasteiger partial charge in [0.15, 0.2) is 11.5 Å². The molecule has 6 rings (SSSR count). The van der Waals surface area contributed by atoms with E-state index in [0.29, 0.717) is 23.6 Å². The number of allylic oxidation sites excluding steroid dienone is 2. The molecule has 1 amide bonds. The second kappa shape index (κ2) is 10.5. The van der Waals surface area contributed by atoms with Crippen LogP contribution in [0.1, 0.15) is 62.7 Å². The molecule has 2 aliphatic heterocycles. The summed E-state index contributed by atoms with van der Waals surface area (Å²) in [5.74, 6) is 0.597. The summed E-state index contributed by atoms with van der Waals surface area (Å²) < 4.78 is 13.1. The summed E-state index contributed by atoms with van der Waals surface area (Å²) >= 11 is 3.51. The number of anilines is 2. The Morgan fingerprint density at radius 1 is 1.21 bits per heavy atom. The molecule has 9 nitrogen and oxygen atoms in total. The molecule has 3 N–H and O–H groups in total. The molecular weight excluding hydrogens is 532 g/mol. The van der Waals surface area contributed by atoms with E-state index in [4.69, 9.17) is 24.4 Å². The largest absolute Gasteiger partial charge is 0.356 e. The maximum Gasteiger partial charge on any atom is 0.224 e. The summed E-state index contributed by atoms with van der Waals surface area (Å²) in [6.45, 7) is 8.78. The lowest BCUT2D eigenvalue weighted by Crippen LogP contribution is -2.47. The number of hydrogen-bond acceptors (Lipinski definition) is 10. The molecule has 208 valence electrons. The van der Waals surface area contributed by atoms with E-state index in [1.165, 1.54) is 4.88 Å². The fourth-order valence-corrected chi connectivity index (χ4v) is 7.93. The van der Waals surface area contributed by atoms with Crippen molar-refractivity contribution in [3.8, 4) is 10.6 Å². The number of thiazole rings is 1. The van der Waals surface area contributed by atoms with Crippen molar-refractivity contribution < 1.29 is 14.3 Å². The number of fused-ring (bicyclic) bond motifs is 2. The third-order valence-corrected chi connectivity index (χ3v) is 9.83. The van der Waals surface area contributed by atoms with E-state index in [2.05, 4.69) is 39.6 Å². The van der Waals surface area contributed by atoms with E-state index < -0.39 is 11.5 Å². The SMILES string of the molecule is CC(=O)NCC1CCC2(Nc3nc(NCC4CC=CS4)nc(C)c3-c3nc4c(s3)C=CCC4)OC(C)(C)OC12. The van der Waals surface area contributed by atoms with Gasteiger partial charge in [-0.3, -0.25) is 4.79 Å². The van der Waals surface area contributed by atoms with E-state index in [0.717, 1.165) is 60.6 Å². The highest BCUT2D eigenvalue weighted by Gasteiger charge is 2.60. The van der Waals surface area contributed by atoms with Gasteiger partial charge in [0, 0.05) is 31.2 Å². The summed E-state index contributed by atoms with van der Waals surface area (Å²) in [5.41, 5.74) is 2.12. The lowest BCUT2D eigenvalue weighted by Gasteiger charge is -2.31. The molecular formula is C28H36N6O3S2. The van der Waals surface area contributed by atoms with Gasteiger partial charge in [-0.05, 0) is 64.4 Å². The number of aryl methyl sites for hydroxylation is 2. The van der Waals surface area contributed by atoms with Gasteiger partial charge in [-0.1, -0.05) is 12.2 Å². The molecule has 4 heterocycles. The van der Waals surface area contributed by atoms with Gasteiger partial charge in [0.25, 0.3) is 0 Å². The summed E-state index contributed by atoms with van der Waals surface area (Å²) in [6.07, 6.45) is 10.9. The van der Waals surface area contributed by atoms with Crippen LogP contribution in [0.4, 0.5) is 11.8 Å². The summed E-state index contributed by atoms with van der Waals surface area (Å²) in [4.78, 5) is 27.8. The average molecular weight is 569 g/mol. The van der Waals surface area contributed by atoms with Crippen LogP contribution in [0, 0.1) is 12.8 Å². The third kappa shape index (κ3) is 5.46. The Morgan fingerprint density at radius 3 is 2.85 bits per heavy atom. The number of thioether (sulfide) groups is 1. The van der Waals surface area contributed by atoms with Crippen LogP contribution in [0.2, 0.25) is 0 Å². The van der Waals surface area contributed by atoms with E-state index >= 15 is 0 Å².